The van der Waals surface area contributed by atoms with E-state index in [-0.39, 0.29) is 5.88 Å². The predicted octanol–water partition coefficient (Wildman–Crippen LogP) is 2.85. The first-order valence-electron chi connectivity index (χ1n) is 6.36. The minimum Gasteiger partial charge on any atom is -0.468 e. The van der Waals surface area contributed by atoms with Crippen LogP contribution in [0.25, 0.3) is 0 Å². The van der Waals surface area contributed by atoms with Crippen molar-refractivity contribution in [3.05, 3.63) is 36.5 Å². The maximum Gasteiger partial charge on any atom is 0.422 e. The quantitative estimate of drug-likeness (QED) is 0.891. The van der Waals surface area contributed by atoms with E-state index in [2.05, 4.69) is 20.0 Å². The molecule has 0 unspecified atom stereocenters. The number of nitrogens with zero attached hydrogens (tertiary/aromatic N) is 3. The van der Waals surface area contributed by atoms with Crippen LogP contribution in [-0.2, 0) is 13.1 Å². The van der Waals surface area contributed by atoms with Crippen molar-refractivity contribution in [2.45, 2.75) is 26.2 Å². The van der Waals surface area contributed by atoms with E-state index in [0.717, 1.165) is 12.2 Å². The number of alkyl halides is 3. The Hall–Kier alpha value is -2.25. The molecule has 0 fully saturated rings. The largest absolute Gasteiger partial charge is 0.468 e. The molecule has 0 aliphatic carbocycles. The van der Waals surface area contributed by atoms with Gasteiger partial charge in [0, 0.05) is 18.8 Å². The summed E-state index contributed by atoms with van der Waals surface area (Å²) in [5.41, 5.74) is 1.70. The number of imidazole rings is 1. The molecular formula is C13H15F3N4O. The molecule has 2 rings (SSSR count). The molecule has 21 heavy (non-hydrogen) atoms. The molecule has 0 aliphatic rings. The molecule has 8 heteroatoms. The van der Waals surface area contributed by atoms with Crippen molar-refractivity contribution in [3.63, 3.8) is 0 Å². The molecular weight excluding hydrogens is 285 g/mol. The van der Waals surface area contributed by atoms with E-state index in [1.807, 2.05) is 11.5 Å². The van der Waals surface area contributed by atoms with Gasteiger partial charge < -0.3 is 14.6 Å². The second-order valence-electron chi connectivity index (χ2n) is 4.31. The first kappa shape index (κ1) is 15.1. The number of anilines is 1. The van der Waals surface area contributed by atoms with E-state index in [1.54, 1.807) is 18.6 Å². The Bertz CT molecular complexity index is 566. The first-order chi connectivity index (χ1) is 9.98. The summed E-state index contributed by atoms with van der Waals surface area (Å²) in [6.07, 6.45) is 0.559. The van der Waals surface area contributed by atoms with Crippen molar-refractivity contribution in [1.82, 2.24) is 14.5 Å². The summed E-state index contributed by atoms with van der Waals surface area (Å²) in [4.78, 5) is 7.86. The van der Waals surface area contributed by atoms with E-state index in [9.17, 15) is 13.2 Å². The number of aromatic nitrogens is 3. The molecule has 1 N–H and O–H groups in total. The lowest BCUT2D eigenvalue weighted by molar-refractivity contribution is -0.154. The lowest BCUT2D eigenvalue weighted by atomic mass is 10.4. The van der Waals surface area contributed by atoms with Gasteiger partial charge in [0.05, 0.1) is 30.5 Å². The average molecular weight is 300 g/mol. The van der Waals surface area contributed by atoms with Crippen molar-refractivity contribution < 1.29 is 17.9 Å². The first-order valence-corrected chi connectivity index (χ1v) is 6.36. The van der Waals surface area contributed by atoms with Gasteiger partial charge in [-0.1, -0.05) is 0 Å². The van der Waals surface area contributed by atoms with Gasteiger partial charge in [-0.3, -0.25) is 0 Å². The smallest absolute Gasteiger partial charge is 0.422 e. The molecule has 114 valence electrons. The van der Waals surface area contributed by atoms with Crippen molar-refractivity contribution >= 4 is 5.69 Å². The number of ether oxygens (including phenoxy) is 1. The highest BCUT2D eigenvalue weighted by molar-refractivity contribution is 5.42. The van der Waals surface area contributed by atoms with Gasteiger partial charge in [0.25, 0.3) is 0 Å². The van der Waals surface area contributed by atoms with E-state index in [1.165, 1.54) is 12.3 Å². The Balaban J connectivity index is 1.88. The molecule has 0 aliphatic heterocycles. The zero-order chi connectivity index (χ0) is 15.3. The molecule has 0 aromatic carbocycles. The lowest BCUT2D eigenvalue weighted by Crippen LogP contribution is -2.19. The fraction of sp³-hybridized carbons (Fsp3) is 0.385. The lowest BCUT2D eigenvalue weighted by Gasteiger charge is -2.10. The fourth-order valence-corrected chi connectivity index (χ4v) is 1.70. The number of hydrogen-bond acceptors (Lipinski definition) is 4. The van der Waals surface area contributed by atoms with Gasteiger partial charge in [0.15, 0.2) is 6.61 Å². The second-order valence-corrected chi connectivity index (χ2v) is 4.31. The molecule has 0 saturated carbocycles. The van der Waals surface area contributed by atoms with Crippen LogP contribution in [0.2, 0.25) is 0 Å². The zero-order valence-corrected chi connectivity index (χ0v) is 11.4. The third kappa shape index (κ3) is 4.66. The summed E-state index contributed by atoms with van der Waals surface area (Å²) < 4.78 is 42.5. The van der Waals surface area contributed by atoms with Crippen LogP contribution in [0, 0.1) is 0 Å². The third-order valence-electron chi connectivity index (χ3n) is 2.73. The van der Waals surface area contributed by atoms with Crippen molar-refractivity contribution in [2.24, 2.45) is 0 Å². The standard InChI is InChI=1S/C13H15F3N4O/c1-2-20-9-17-6-11(20)7-18-10-3-4-12(19-5-10)21-8-13(14,15)16/h3-6,9,18H,2,7-8H2,1H3. The van der Waals surface area contributed by atoms with Crippen LogP contribution in [0.3, 0.4) is 0 Å². The molecule has 0 spiro atoms. The monoisotopic (exact) mass is 300 g/mol. The second kappa shape index (κ2) is 6.47. The molecule has 0 radical (unpaired) electrons. The topological polar surface area (TPSA) is 52.0 Å². The minimum atomic E-state index is -4.36. The molecule has 0 atom stereocenters. The Morgan fingerprint density at radius 2 is 2.10 bits per heavy atom. The number of hydrogen-bond donors (Lipinski definition) is 1. The van der Waals surface area contributed by atoms with Crippen LogP contribution < -0.4 is 10.1 Å². The Kier molecular flexibility index (Phi) is 4.66. The van der Waals surface area contributed by atoms with Crippen LogP contribution in [0.4, 0.5) is 18.9 Å². The highest BCUT2D eigenvalue weighted by Gasteiger charge is 2.28. The summed E-state index contributed by atoms with van der Waals surface area (Å²) in [6, 6.07) is 3.01. The average Bonchev–Trinajstić information content (AvgIpc) is 2.90. The van der Waals surface area contributed by atoms with Crippen molar-refractivity contribution in [3.8, 4) is 5.88 Å². The fourth-order valence-electron chi connectivity index (χ4n) is 1.70. The summed E-state index contributed by atoms with van der Waals surface area (Å²) in [7, 11) is 0. The number of pyridine rings is 1. The highest BCUT2D eigenvalue weighted by atomic mass is 19.4. The number of halogens is 3. The molecule has 0 bridgehead atoms. The Morgan fingerprint density at radius 3 is 2.71 bits per heavy atom. The SMILES string of the molecule is CCn1cncc1CNc1ccc(OCC(F)(F)F)nc1. The molecule has 2 heterocycles. The summed E-state index contributed by atoms with van der Waals surface area (Å²) in [5.74, 6) is -0.0588. The van der Waals surface area contributed by atoms with E-state index < -0.39 is 12.8 Å². The summed E-state index contributed by atoms with van der Waals surface area (Å²) in [5, 5.41) is 3.12. The molecule has 2 aromatic heterocycles. The van der Waals surface area contributed by atoms with E-state index >= 15 is 0 Å². The normalized spacial score (nSPS) is 11.4. The van der Waals surface area contributed by atoms with Crippen LogP contribution in [0.5, 0.6) is 5.88 Å². The van der Waals surface area contributed by atoms with Gasteiger partial charge >= 0.3 is 6.18 Å². The van der Waals surface area contributed by atoms with E-state index in [4.69, 9.17) is 0 Å². The van der Waals surface area contributed by atoms with Crippen LogP contribution in [0.15, 0.2) is 30.9 Å². The minimum absolute atomic E-state index is 0.0588. The number of nitrogens with one attached hydrogen (secondary N) is 1. The van der Waals surface area contributed by atoms with Crippen molar-refractivity contribution in [2.75, 3.05) is 11.9 Å². The van der Waals surface area contributed by atoms with Gasteiger partial charge in [0.2, 0.25) is 5.88 Å². The van der Waals surface area contributed by atoms with Crippen LogP contribution >= 0.6 is 0 Å². The van der Waals surface area contributed by atoms with Crippen LogP contribution in [0.1, 0.15) is 12.6 Å². The highest BCUT2D eigenvalue weighted by Crippen LogP contribution is 2.18. The summed E-state index contributed by atoms with van der Waals surface area (Å²) in [6.45, 7) is 2.04. The Morgan fingerprint density at radius 1 is 1.29 bits per heavy atom. The molecule has 5 nitrogen and oxygen atoms in total. The summed E-state index contributed by atoms with van der Waals surface area (Å²) >= 11 is 0. The zero-order valence-electron chi connectivity index (χ0n) is 11.4. The van der Waals surface area contributed by atoms with Gasteiger partial charge in [-0.25, -0.2) is 9.97 Å². The maximum absolute atomic E-state index is 12.0. The van der Waals surface area contributed by atoms with Crippen LogP contribution in [-0.4, -0.2) is 27.3 Å². The number of aryl methyl sites for hydroxylation is 1. The maximum atomic E-state index is 12.0. The van der Waals surface area contributed by atoms with Crippen molar-refractivity contribution in [1.29, 1.82) is 0 Å². The van der Waals surface area contributed by atoms with Gasteiger partial charge in [0.1, 0.15) is 0 Å². The predicted molar refractivity (Wildman–Crippen MR) is 71.0 cm³/mol. The number of rotatable bonds is 6. The Labute approximate surface area is 119 Å². The molecule has 0 amide bonds. The molecule has 2 aromatic rings. The molecule has 0 saturated heterocycles. The third-order valence-corrected chi connectivity index (χ3v) is 2.73. The van der Waals surface area contributed by atoms with E-state index in [0.29, 0.717) is 12.2 Å². The van der Waals surface area contributed by atoms with Gasteiger partial charge in [-0.2, -0.15) is 13.2 Å². The van der Waals surface area contributed by atoms with Gasteiger partial charge in [-0.15, -0.1) is 0 Å². The van der Waals surface area contributed by atoms with Gasteiger partial charge in [-0.05, 0) is 13.0 Å².